The van der Waals surface area contributed by atoms with Gasteiger partial charge in [-0.1, -0.05) is 89.4 Å². The third kappa shape index (κ3) is 22.4. The van der Waals surface area contributed by atoms with Gasteiger partial charge in [-0.3, -0.25) is 58.3 Å². The fraction of sp³-hybridized carbons (Fsp3) is 0.553. The van der Waals surface area contributed by atoms with Gasteiger partial charge < -0.3 is 49.7 Å². The van der Waals surface area contributed by atoms with E-state index >= 15 is 0 Å². The zero-order chi connectivity index (χ0) is 72.8. The lowest BCUT2D eigenvalue weighted by Gasteiger charge is -2.35. The van der Waals surface area contributed by atoms with Crippen LogP contribution in [0.15, 0.2) is 98.4 Å². The van der Waals surface area contributed by atoms with Crippen LogP contribution in [-0.2, 0) is 66.8 Å². The normalized spacial score (nSPS) is 21.8. The fourth-order valence-electron chi connectivity index (χ4n) is 12.3. The molecule has 0 saturated carbocycles. The summed E-state index contributed by atoms with van der Waals surface area (Å²) in [5.41, 5.74) is 8.60. The molecule has 100 heavy (non-hydrogen) atoms. The molecule has 0 bridgehead atoms. The van der Waals surface area contributed by atoms with Crippen molar-refractivity contribution in [3.05, 3.63) is 121 Å². The average molecular weight is 1380 g/mol. The van der Waals surface area contributed by atoms with E-state index in [1.165, 1.54) is 10.0 Å². The molecular weight excluding hydrogens is 1280 g/mol. The highest BCUT2D eigenvalue weighted by atomic mass is 16.7. The van der Waals surface area contributed by atoms with Crippen molar-refractivity contribution < 1.29 is 66.8 Å². The van der Waals surface area contributed by atoms with Crippen molar-refractivity contribution in [2.75, 3.05) is 39.9 Å². The van der Waals surface area contributed by atoms with Crippen LogP contribution in [0.25, 0.3) is 33.7 Å². The Morgan fingerprint density at radius 1 is 0.580 bits per heavy atom. The van der Waals surface area contributed by atoms with Gasteiger partial charge in [0.1, 0.15) is 37.8 Å². The number of nitrogens with zero attached hydrogens (tertiary/aromatic N) is 4. The lowest BCUT2D eigenvalue weighted by molar-refractivity contribution is -0.164. The number of allylic oxidation sites excluding steroid dienone is 4. The minimum absolute atomic E-state index is 0.228. The van der Waals surface area contributed by atoms with E-state index in [9.17, 15) is 38.4 Å². The van der Waals surface area contributed by atoms with E-state index in [-0.39, 0.29) is 49.3 Å². The molecule has 4 fully saturated rings. The number of hydrogen-bond acceptors (Lipinski definition) is 18. The van der Waals surface area contributed by atoms with Crippen LogP contribution in [0.1, 0.15) is 182 Å². The van der Waals surface area contributed by atoms with Crippen LogP contribution in [-0.4, -0.2) is 155 Å². The first-order valence-corrected chi connectivity index (χ1v) is 35.2. The Hall–Kier alpha value is -8.26. The SMILES string of the molecule is C=Cc1cc2cc([C@@H](C)NC(=O)[C@@H]3CCCN(C(=O)[C@H](C)NC(=O)[C@@H](OC(=O)[C@@H](C/C=C/C)CCC4(C)COCO4)C(C)C)N3)ccc2cn1.C=Cc1cc2cc([C@@H](C)NC(=O)[C@@H]3CCCN(C(=O)[C@H](C)NC(=O)[C@@H](OC(=O)[C@@H](C/C=C/C)CCC4(C)COCO4)C(C)C)N3)ccc2cn1. The maximum Gasteiger partial charge on any atom is 0.310 e. The number of rotatable bonds is 30. The summed E-state index contributed by atoms with van der Waals surface area (Å²) in [4.78, 5) is 116. The third-order valence-corrected chi connectivity index (χ3v) is 18.7. The van der Waals surface area contributed by atoms with Gasteiger partial charge in [0, 0.05) is 36.3 Å². The van der Waals surface area contributed by atoms with Gasteiger partial charge >= 0.3 is 11.9 Å². The number of esters is 2. The Labute approximate surface area is 588 Å². The summed E-state index contributed by atoms with van der Waals surface area (Å²) >= 11 is 0. The van der Waals surface area contributed by atoms with Gasteiger partial charge in [0.2, 0.25) is 11.8 Å². The van der Waals surface area contributed by atoms with Crippen LogP contribution in [0, 0.1) is 23.7 Å². The monoisotopic (exact) mass is 1380 g/mol. The zero-order valence-corrected chi connectivity index (χ0v) is 60.4. The van der Waals surface area contributed by atoms with Crippen molar-refractivity contribution in [1.82, 2.24) is 52.1 Å². The van der Waals surface area contributed by atoms with E-state index in [0.717, 1.165) is 44.1 Å². The molecule has 4 aliphatic rings. The summed E-state index contributed by atoms with van der Waals surface area (Å²) in [5, 5.41) is 18.4. The van der Waals surface area contributed by atoms with Crippen molar-refractivity contribution in [2.45, 2.75) is 207 Å². The number of carbonyl (C=O) groups excluding carboxylic acids is 8. The summed E-state index contributed by atoms with van der Waals surface area (Å²) in [6.45, 7) is 31.5. The van der Waals surface area contributed by atoms with Crippen LogP contribution in [0.5, 0.6) is 0 Å². The standard InChI is InChI=1S/2C38H53N5O7/c2*1-8-10-12-27(16-17-38(7)22-48-23-49-38)37(47)50-33(24(3)4)35(45)41-26(6)36(46)43-18-11-13-32(42-43)34(44)40-25(5)28-14-15-29-21-39-31(9-2)20-30(29)19-28/h2*8-10,14-15,19-21,24-27,32-33,42H,2,11-13,16-18,22-23H2,1,3-7H3,(H,40,44)(H,41,45)/b2*10-8+/t2*25-,26+,27+,32+,33+,38?/m11/s1. The molecule has 12 atom stereocenters. The molecule has 6 amide bonds. The molecule has 0 spiro atoms. The second-order valence-corrected chi connectivity index (χ2v) is 27.8. The molecule has 6 heterocycles. The molecular formula is C76H106N10O14. The quantitative estimate of drug-likeness (QED) is 0.0209. The lowest BCUT2D eigenvalue weighted by Crippen LogP contribution is -2.61. The van der Waals surface area contributed by atoms with Crippen LogP contribution in [0.2, 0.25) is 0 Å². The minimum Gasteiger partial charge on any atom is -0.452 e. The molecule has 4 saturated heterocycles. The van der Waals surface area contributed by atoms with Crippen molar-refractivity contribution in [3.63, 3.8) is 0 Å². The smallest absolute Gasteiger partial charge is 0.310 e. The first kappa shape index (κ1) is 79.1. The van der Waals surface area contributed by atoms with Crippen LogP contribution in [0.3, 0.4) is 0 Å². The first-order chi connectivity index (χ1) is 47.7. The lowest BCUT2D eigenvalue weighted by atomic mass is 9.91. The maximum absolute atomic E-state index is 13.5. The van der Waals surface area contributed by atoms with Gasteiger partial charge in [-0.2, -0.15) is 0 Å². The van der Waals surface area contributed by atoms with Gasteiger partial charge in [-0.15, -0.1) is 0 Å². The maximum atomic E-state index is 13.5. The van der Waals surface area contributed by atoms with E-state index in [0.29, 0.717) is 90.5 Å². The van der Waals surface area contributed by atoms with Gasteiger partial charge in [-0.25, -0.2) is 10.9 Å². The third-order valence-electron chi connectivity index (χ3n) is 18.7. The number of amides is 6. The second kappa shape index (κ2) is 37.4. The molecule has 2 aromatic heterocycles. The van der Waals surface area contributed by atoms with Crippen molar-refractivity contribution >= 4 is 81.1 Å². The second-order valence-electron chi connectivity index (χ2n) is 27.8. The Morgan fingerprint density at radius 2 is 0.970 bits per heavy atom. The number of hydrogen-bond donors (Lipinski definition) is 6. The Morgan fingerprint density at radius 3 is 1.31 bits per heavy atom. The molecule has 0 aliphatic carbocycles. The van der Waals surface area contributed by atoms with Gasteiger partial charge in [0.05, 0.1) is 59.7 Å². The predicted octanol–water partition coefficient (Wildman–Crippen LogP) is 9.50. The average Bonchev–Trinajstić information content (AvgIpc) is 1.05. The van der Waals surface area contributed by atoms with E-state index < -0.39 is 95.0 Å². The summed E-state index contributed by atoms with van der Waals surface area (Å²) in [7, 11) is 0. The molecule has 24 nitrogen and oxygen atoms in total. The number of ether oxygens (including phenoxy) is 6. The molecule has 544 valence electrons. The number of nitrogens with one attached hydrogen (secondary N) is 6. The molecule has 8 rings (SSSR count). The number of carbonyl (C=O) groups is 8. The number of aromatic nitrogens is 2. The molecule has 2 aromatic carbocycles. The first-order valence-electron chi connectivity index (χ1n) is 35.2. The highest BCUT2D eigenvalue weighted by molar-refractivity contribution is 5.93. The van der Waals surface area contributed by atoms with Crippen LogP contribution in [0.4, 0.5) is 0 Å². The zero-order valence-electron chi connectivity index (χ0n) is 60.4. The van der Waals surface area contributed by atoms with Crippen molar-refractivity contribution in [2.24, 2.45) is 23.7 Å². The Kier molecular flexibility index (Phi) is 29.6. The molecule has 4 aromatic rings. The molecule has 2 unspecified atom stereocenters. The number of fused-ring (bicyclic) bond motifs is 2. The van der Waals surface area contributed by atoms with E-state index in [1.54, 1.807) is 66.1 Å². The highest BCUT2D eigenvalue weighted by Crippen LogP contribution is 2.31. The van der Waals surface area contributed by atoms with E-state index in [4.69, 9.17) is 28.4 Å². The predicted molar refractivity (Wildman–Crippen MR) is 382 cm³/mol. The largest absolute Gasteiger partial charge is 0.452 e. The summed E-state index contributed by atoms with van der Waals surface area (Å²) in [6, 6.07) is 12.1. The van der Waals surface area contributed by atoms with Gasteiger partial charge in [0.15, 0.2) is 12.2 Å². The molecule has 0 radical (unpaired) electrons. The molecule has 4 aliphatic heterocycles. The number of pyridine rings is 2. The van der Waals surface area contributed by atoms with Crippen molar-refractivity contribution in [3.8, 4) is 0 Å². The highest BCUT2D eigenvalue weighted by Gasteiger charge is 2.40. The van der Waals surface area contributed by atoms with Gasteiger partial charge in [-0.05, 0) is 190 Å². The summed E-state index contributed by atoms with van der Waals surface area (Å²) in [6.07, 6.45) is 17.8. The Bertz CT molecular complexity index is 3340. The van der Waals surface area contributed by atoms with Crippen LogP contribution < -0.4 is 32.1 Å². The van der Waals surface area contributed by atoms with Crippen molar-refractivity contribution in [1.29, 1.82) is 0 Å². The number of benzene rings is 2. The Balaban J connectivity index is 0.000000281. The molecule has 6 N–H and O–H groups in total. The summed E-state index contributed by atoms with van der Waals surface area (Å²) < 4.78 is 33.7. The van der Waals surface area contributed by atoms with E-state index in [2.05, 4.69) is 55.2 Å². The topological polar surface area (TPSA) is 296 Å². The van der Waals surface area contributed by atoms with Crippen LogP contribution >= 0.6 is 0 Å². The number of hydrazine groups is 2. The molecule has 24 heteroatoms. The van der Waals surface area contributed by atoms with Gasteiger partial charge in [0.25, 0.3) is 23.6 Å². The van der Waals surface area contributed by atoms with E-state index in [1.807, 2.05) is 114 Å². The minimum atomic E-state index is -1.09. The summed E-state index contributed by atoms with van der Waals surface area (Å²) in [5.74, 6) is -4.88. The fourth-order valence-corrected chi connectivity index (χ4v) is 12.3.